The van der Waals surface area contributed by atoms with Crippen LogP contribution in [0.5, 0.6) is 0 Å². The summed E-state index contributed by atoms with van der Waals surface area (Å²) in [6, 6.07) is 15.9. The number of anilines is 1. The van der Waals surface area contributed by atoms with Gasteiger partial charge in [-0.3, -0.25) is 10.1 Å². The van der Waals surface area contributed by atoms with Gasteiger partial charge in [0, 0.05) is 18.8 Å². The molecule has 3 amide bonds. The molecule has 3 aromatic carbocycles. The van der Waals surface area contributed by atoms with Crippen LogP contribution < -0.4 is 16.0 Å². The molecule has 0 aliphatic carbocycles. The van der Waals surface area contributed by atoms with Gasteiger partial charge in [-0.05, 0) is 65.1 Å². The zero-order chi connectivity index (χ0) is 24.3. The normalized spacial score (nSPS) is 12.8. The molecule has 0 spiro atoms. The van der Waals surface area contributed by atoms with Crippen molar-refractivity contribution < 1.29 is 18.0 Å². The minimum atomic E-state index is -3.56. The van der Waals surface area contributed by atoms with Crippen molar-refractivity contribution in [3.63, 3.8) is 0 Å². The molecule has 4 rings (SSSR count). The van der Waals surface area contributed by atoms with E-state index < -0.39 is 21.8 Å². The van der Waals surface area contributed by atoms with Crippen LogP contribution in [-0.4, -0.2) is 20.4 Å². The van der Waals surface area contributed by atoms with Crippen molar-refractivity contribution in [2.75, 3.05) is 5.32 Å². The number of sulfone groups is 1. The molecule has 0 bridgehead atoms. The summed E-state index contributed by atoms with van der Waals surface area (Å²) in [4.78, 5) is 24.8. The van der Waals surface area contributed by atoms with E-state index in [-0.39, 0.29) is 21.2 Å². The molecule has 7 nitrogen and oxygen atoms in total. The maximum Gasteiger partial charge on any atom is 0.326 e. The number of nitrogens with one attached hydrogen (secondary N) is 3. The molecule has 34 heavy (non-hydrogen) atoms. The Kier molecular flexibility index (Phi) is 7.02. The summed E-state index contributed by atoms with van der Waals surface area (Å²) < 4.78 is 25.7. The van der Waals surface area contributed by atoms with E-state index in [9.17, 15) is 18.0 Å². The van der Waals surface area contributed by atoms with Crippen LogP contribution in [-0.2, 0) is 35.1 Å². The topological polar surface area (TPSA) is 104 Å². The lowest BCUT2D eigenvalue weighted by atomic mass is 10.1. The van der Waals surface area contributed by atoms with Gasteiger partial charge in [-0.1, -0.05) is 42.8 Å². The molecular weight excluding hydrogens is 474 g/mol. The van der Waals surface area contributed by atoms with Gasteiger partial charge in [0.2, 0.25) is 0 Å². The summed E-state index contributed by atoms with van der Waals surface area (Å²) in [5.74, 6) is -0.735. The number of imide groups is 1. The molecule has 0 fully saturated rings. The highest BCUT2D eigenvalue weighted by Gasteiger charge is 2.18. The largest absolute Gasteiger partial charge is 0.326 e. The number of carbonyl (C=O) groups is 2. The minimum absolute atomic E-state index is 0.111. The number of amides is 3. The quantitative estimate of drug-likeness (QED) is 0.467. The average molecular weight is 498 g/mol. The fourth-order valence-electron chi connectivity index (χ4n) is 3.79. The van der Waals surface area contributed by atoms with Crippen LogP contribution in [0.4, 0.5) is 10.5 Å². The lowest BCUT2D eigenvalue weighted by molar-refractivity contribution is 0.0967. The third-order valence-corrected chi connectivity index (χ3v) is 7.67. The Morgan fingerprint density at radius 3 is 2.38 bits per heavy atom. The molecule has 3 aromatic rings. The summed E-state index contributed by atoms with van der Waals surface area (Å²) in [5.41, 5.74) is 4.52. The molecule has 0 atom stereocenters. The van der Waals surface area contributed by atoms with Crippen LogP contribution in [0.15, 0.2) is 65.6 Å². The van der Waals surface area contributed by atoms with Gasteiger partial charge in [0.1, 0.15) is 0 Å². The van der Waals surface area contributed by atoms with Crippen LogP contribution in [0, 0.1) is 0 Å². The zero-order valence-corrected chi connectivity index (χ0v) is 20.1. The van der Waals surface area contributed by atoms with Gasteiger partial charge in [-0.2, -0.15) is 0 Å². The predicted octanol–water partition coefficient (Wildman–Crippen LogP) is 4.44. The van der Waals surface area contributed by atoms with Crippen molar-refractivity contribution in [2.45, 2.75) is 37.1 Å². The number of benzene rings is 3. The highest BCUT2D eigenvalue weighted by atomic mass is 35.5. The Morgan fingerprint density at radius 1 is 0.941 bits per heavy atom. The summed E-state index contributed by atoms with van der Waals surface area (Å²) in [5, 5.41) is 8.26. The summed E-state index contributed by atoms with van der Waals surface area (Å²) in [7, 11) is -3.56. The number of carbonyl (C=O) groups excluding carboxylic acids is 2. The molecule has 0 radical (unpaired) electrons. The highest BCUT2D eigenvalue weighted by Crippen LogP contribution is 2.23. The number of aryl methyl sites for hydroxylation is 1. The molecule has 0 unspecified atom stereocenters. The van der Waals surface area contributed by atoms with Crippen LogP contribution in [0.1, 0.15) is 39.5 Å². The smallest absolute Gasteiger partial charge is 0.309 e. The Hall–Kier alpha value is -3.20. The molecule has 0 saturated heterocycles. The maximum atomic E-state index is 12.8. The third-order valence-electron chi connectivity index (χ3n) is 5.64. The SMILES string of the molecule is CCc1ccc(Cl)c(C(=O)NC(=O)Nc2ccc(S(=O)(=O)Cc3ccc4c(c3)CNC4)cc2)c1. The third kappa shape index (κ3) is 5.47. The van der Waals surface area contributed by atoms with Crippen LogP contribution in [0.3, 0.4) is 0 Å². The van der Waals surface area contributed by atoms with E-state index in [0.29, 0.717) is 5.69 Å². The number of fused-ring (bicyclic) bond motifs is 1. The number of hydrogen-bond donors (Lipinski definition) is 3. The Labute approximate surface area is 203 Å². The Bertz CT molecular complexity index is 1360. The van der Waals surface area contributed by atoms with Gasteiger partial charge in [-0.25, -0.2) is 13.2 Å². The molecule has 9 heteroatoms. The average Bonchev–Trinajstić information content (AvgIpc) is 3.27. The Morgan fingerprint density at radius 2 is 1.65 bits per heavy atom. The highest BCUT2D eigenvalue weighted by molar-refractivity contribution is 7.90. The fraction of sp³-hybridized carbons (Fsp3) is 0.200. The van der Waals surface area contributed by atoms with E-state index in [1.807, 2.05) is 31.2 Å². The van der Waals surface area contributed by atoms with Gasteiger partial charge in [0.15, 0.2) is 9.84 Å². The second-order valence-electron chi connectivity index (χ2n) is 8.07. The van der Waals surface area contributed by atoms with E-state index >= 15 is 0 Å². The lowest BCUT2D eigenvalue weighted by Crippen LogP contribution is -2.34. The first-order chi connectivity index (χ1) is 16.2. The zero-order valence-electron chi connectivity index (χ0n) is 18.5. The second-order valence-corrected chi connectivity index (χ2v) is 10.5. The lowest BCUT2D eigenvalue weighted by Gasteiger charge is -2.10. The van der Waals surface area contributed by atoms with E-state index in [1.54, 1.807) is 12.1 Å². The molecular formula is C25H24ClN3O4S. The molecule has 0 aromatic heterocycles. The first-order valence-corrected chi connectivity index (χ1v) is 12.8. The first-order valence-electron chi connectivity index (χ1n) is 10.8. The van der Waals surface area contributed by atoms with Crippen molar-refractivity contribution in [1.82, 2.24) is 10.6 Å². The standard InChI is InChI=1S/C25H24ClN3O4S/c1-2-16-4-10-23(26)22(12-16)24(30)29-25(31)28-20-6-8-21(9-7-20)34(32,33)15-17-3-5-18-13-27-14-19(18)11-17/h3-12,27H,2,13-15H2,1H3,(H2,28,29,30,31). The predicted molar refractivity (Wildman–Crippen MR) is 132 cm³/mol. The van der Waals surface area contributed by atoms with E-state index in [2.05, 4.69) is 16.0 Å². The van der Waals surface area contributed by atoms with Crippen LogP contribution in [0.2, 0.25) is 5.02 Å². The monoisotopic (exact) mass is 497 g/mol. The van der Waals surface area contributed by atoms with E-state index in [4.69, 9.17) is 11.6 Å². The summed E-state index contributed by atoms with van der Waals surface area (Å²) >= 11 is 6.08. The van der Waals surface area contributed by atoms with Crippen LogP contribution >= 0.6 is 11.6 Å². The van der Waals surface area contributed by atoms with Gasteiger partial charge in [-0.15, -0.1) is 0 Å². The van der Waals surface area contributed by atoms with Gasteiger partial charge in [0.05, 0.1) is 21.2 Å². The molecule has 1 heterocycles. The van der Waals surface area contributed by atoms with Crippen molar-refractivity contribution in [3.8, 4) is 0 Å². The summed E-state index contributed by atoms with van der Waals surface area (Å²) in [6.45, 7) is 3.49. The molecule has 3 N–H and O–H groups in total. The van der Waals surface area contributed by atoms with E-state index in [0.717, 1.165) is 36.2 Å². The van der Waals surface area contributed by atoms with Crippen molar-refractivity contribution >= 4 is 39.1 Å². The molecule has 1 aliphatic heterocycles. The van der Waals surface area contributed by atoms with Crippen LogP contribution in [0.25, 0.3) is 0 Å². The maximum absolute atomic E-state index is 12.8. The van der Waals surface area contributed by atoms with Gasteiger partial charge >= 0.3 is 6.03 Å². The molecule has 176 valence electrons. The van der Waals surface area contributed by atoms with Crippen molar-refractivity contribution in [3.05, 3.63) is 93.5 Å². The number of hydrogen-bond acceptors (Lipinski definition) is 5. The second kappa shape index (κ2) is 9.97. The van der Waals surface area contributed by atoms with Crippen molar-refractivity contribution in [2.24, 2.45) is 0 Å². The first kappa shape index (κ1) is 23.9. The number of rotatable bonds is 6. The molecule has 1 aliphatic rings. The number of halogens is 1. The van der Waals surface area contributed by atoms with Gasteiger partial charge < -0.3 is 10.6 Å². The number of urea groups is 1. The van der Waals surface area contributed by atoms with Crippen molar-refractivity contribution in [1.29, 1.82) is 0 Å². The minimum Gasteiger partial charge on any atom is -0.309 e. The molecule has 0 saturated carbocycles. The Balaban J connectivity index is 1.39. The van der Waals surface area contributed by atoms with Gasteiger partial charge in [0.25, 0.3) is 5.91 Å². The summed E-state index contributed by atoms with van der Waals surface area (Å²) in [6.07, 6.45) is 0.725. The fourth-order valence-corrected chi connectivity index (χ4v) is 5.32. The van der Waals surface area contributed by atoms with E-state index in [1.165, 1.54) is 29.8 Å².